The number of sulfonamides is 1. The quantitative estimate of drug-likeness (QED) is 0.746. The average Bonchev–Trinajstić information content (AvgIpc) is 2.62. The minimum atomic E-state index is -3.59. The first-order valence-electron chi connectivity index (χ1n) is 8.61. The van der Waals surface area contributed by atoms with Crippen molar-refractivity contribution in [1.29, 1.82) is 0 Å². The molecule has 4 nitrogen and oxygen atoms in total. The fourth-order valence-electron chi connectivity index (χ4n) is 3.75. The Kier molecular flexibility index (Phi) is 5.24. The maximum Gasteiger partial charge on any atom is 0.243 e. The number of piperidine rings is 1. The molecular weight excluding hydrogens is 370 g/mol. The molecule has 0 radical (unpaired) electrons. The van der Waals surface area contributed by atoms with Crippen molar-refractivity contribution in [3.05, 3.63) is 65.7 Å². The van der Waals surface area contributed by atoms with Gasteiger partial charge in [0.2, 0.25) is 15.3 Å². The lowest BCUT2D eigenvalue weighted by Crippen LogP contribution is -2.53. The van der Waals surface area contributed by atoms with E-state index < -0.39 is 20.7 Å². The van der Waals surface area contributed by atoms with E-state index in [9.17, 15) is 13.2 Å². The Labute approximate surface area is 159 Å². The molecule has 1 aliphatic rings. The lowest BCUT2D eigenvalue weighted by molar-refractivity contribution is -0.120. The summed E-state index contributed by atoms with van der Waals surface area (Å²) >= 11 is 6.03. The highest BCUT2D eigenvalue weighted by molar-refractivity contribution is 7.89. The van der Waals surface area contributed by atoms with Crippen LogP contribution < -0.4 is 0 Å². The Bertz CT molecular complexity index is 896. The summed E-state index contributed by atoms with van der Waals surface area (Å²) in [5, 5.41) is -0.427. The highest BCUT2D eigenvalue weighted by Gasteiger charge is 2.49. The number of aryl methyl sites for hydroxylation is 1. The zero-order valence-corrected chi connectivity index (χ0v) is 16.4. The zero-order chi connectivity index (χ0) is 18.9. The summed E-state index contributed by atoms with van der Waals surface area (Å²) in [6.07, 6.45) is 0.367. The van der Waals surface area contributed by atoms with E-state index in [0.29, 0.717) is 6.42 Å². The van der Waals surface area contributed by atoms with Gasteiger partial charge in [-0.1, -0.05) is 55.0 Å². The number of nitrogens with zero attached hydrogens (tertiary/aromatic N) is 1. The molecule has 1 heterocycles. The SMILES string of the molecule is Cc1ccc(S(=O)(=O)N2CC[C@@](C(=O)Cl)(c3ccccc3)[C@@H](C)C2)cc1. The standard InChI is InChI=1S/C20H22ClNO3S/c1-15-8-10-18(11-9-15)26(24,25)22-13-12-20(19(21)23,16(2)14-22)17-6-4-3-5-7-17/h3-11,16H,12-14H2,1-2H3/t16-,20-/m0/s1. The first kappa shape index (κ1) is 19.1. The second-order valence-corrected chi connectivity index (χ2v) is 9.22. The Morgan fingerprint density at radius 2 is 1.73 bits per heavy atom. The number of rotatable bonds is 4. The molecule has 0 spiro atoms. The predicted molar refractivity (Wildman–Crippen MR) is 103 cm³/mol. The van der Waals surface area contributed by atoms with E-state index in [-0.39, 0.29) is 23.9 Å². The molecule has 0 saturated carbocycles. The van der Waals surface area contributed by atoms with Crippen molar-refractivity contribution in [3.63, 3.8) is 0 Å². The molecule has 2 aromatic rings. The summed E-state index contributed by atoms with van der Waals surface area (Å²) < 4.78 is 27.4. The molecule has 2 atom stereocenters. The van der Waals surface area contributed by atoms with Crippen LogP contribution in [0.4, 0.5) is 0 Å². The fourth-order valence-corrected chi connectivity index (χ4v) is 5.67. The molecule has 0 N–H and O–H groups in total. The first-order valence-corrected chi connectivity index (χ1v) is 10.4. The van der Waals surface area contributed by atoms with E-state index in [1.807, 2.05) is 44.2 Å². The van der Waals surface area contributed by atoms with Gasteiger partial charge < -0.3 is 0 Å². The summed E-state index contributed by atoms with van der Waals surface area (Å²) in [5.74, 6) is -0.233. The largest absolute Gasteiger partial charge is 0.280 e. The average molecular weight is 392 g/mol. The van der Waals surface area contributed by atoms with Crippen LogP contribution in [0.1, 0.15) is 24.5 Å². The molecule has 138 valence electrons. The second kappa shape index (κ2) is 7.14. The van der Waals surface area contributed by atoms with Crippen LogP contribution in [0.25, 0.3) is 0 Å². The maximum absolute atomic E-state index is 13.0. The van der Waals surface area contributed by atoms with Crippen LogP contribution in [0.2, 0.25) is 0 Å². The van der Waals surface area contributed by atoms with Gasteiger partial charge in [-0.15, -0.1) is 0 Å². The van der Waals surface area contributed by atoms with E-state index in [2.05, 4.69) is 0 Å². The number of hydrogen-bond donors (Lipinski definition) is 0. The van der Waals surface area contributed by atoms with Crippen LogP contribution in [0.5, 0.6) is 0 Å². The summed E-state index contributed by atoms with van der Waals surface area (Å²) in [6, 6.07) is 16.2. The van der Waals surface area contributed by atoms with Gasteiger partial charge in [0.25, 0.3) is 0 Å². The number of halogens is 1. The van der Waals surface area contributed by atoms with Crippen molar-refractivity contribution in [3.8, 4) is 0 Å². The topological polar surface area (TPSA) is 54.5 Å². The van der Waals surface area contributed by atoms with E-state index in [0.717, 1.165) is 11.1 Å². The van der Waals surface area contributed by atoms with Gasteiger partial charge in [-0.25, -0.2) is 8.42 Å². The van der Waals surface area contributed by atoms with Gasteiger partial charge in [0.05, 0.1) is 10.3 Å². The third kappa shape index (κ3) is 3.20. The molecular formula is C20H22ClNO3S. The van der Waals surface area contributed by atoms with Crippen LogP contribution in [0.15, 0.2) is 59.5 Å². The van der Waals surface area contributed by atoms with Gasteiger partial charge in [-0.05, 0) is 48.6 Å². The monoisotopic (exact) mass is 391 g/mol. The summed E-state index contributed by atoms with van der Waals surface area (Å²) in [7, 11) is -3.59. The lowest BCUT2D eigenvalue weighted by atomic mass is 9.68. The Morgan fingerprint density at radius 1 is 1.12 bits per heavy atom. The Morgan fingerprint density at radius 3 is 2.27 bits per heavy atom. The van der Waals surface area contributed by atoms with Gasteiger partial charge in [0, 0.05) is 13.1 Å². The number of hydrogen-bond acceptors (Lipinski definition) is 3. The minimum Gasteiger partial charge on any atom is -0.280 e. The molecule has 2 aromatic carbocycles. The highest BCUT2D eigenvalue weighted by Crippen LogP contribution is 2.42. The predicted octanol–water partition coefficient (Wildman–Crippen LogP) is 3.73. The van der Waals surface area contributed by atoms with Gasteiger partial charge in [0.1, 0.15) is 0 Å². The number of carbonyl (C=O) groups is 1. The molecule has 0 bridgehead atoms. The van der Waals surface area contributed by atoms with Crippen LogP contribution in [0.3, 0.4) is 0 Å². The first-order chi connectivity index (χ1) is 12.3. The maximum atomic E-state index is 13.0. The smallest absolute Gasteiger partial charge is 0.243 e. The second-order valence-electron chi connectivity index (χ2n) is 6.94. The number of carbonyl (C=O) groups excluding carboxylic acids is 1. The van der Waals surface area contributed by atoms with Crippen molar-refractivity contribution >= 4 is 26.9 Å². The summed E-state index contributed by atoms with van der Waals surface area (Å²) in [5.41, 5.74) is 0.994. The Balaban J connectivity index is 1.92. The van der Waals surface area contributed by atoms with Crippen LogP contribution in [-0.4, -0.2) is 31.1 Å². The van der Waals surface area contributed by atoms with Crippen molar-refractivity contribution in [1.82, 2.24) is 4.31 Å². The van der Waals surface area contributed by atoms with Crippen LogP contribution in [-0.2, 0) is 20.2 Å². The van der Waals surface area contributed by atoms with E-state index >= 15 is 0 Å². The summed E-state index contributed by atoms with van der Waals surface area (Å²) in [4.78, 5) is 12.7. The number of benzene rings is 2. The van der Waals surface area contributed by atoms with E-state index in [4.69, 9.17) is 11.6 Å². The molecule has 0 aliphatic carbocycles. The van der Waals surface area contributed by atoms with Crippen molar-refractivity contribution in [2.45, 2.75) is 30.6 Å². The molecule has 26 heavy (non-hydrogen) atoms. The van der Waals surface area contributed by atoms with Crippen LogP contribution >= 0.6 is 11.6 Å². The van der Waals surface area contributed by atoms with Crippen LogP contribution in [0, 0.1) is 12.8 Å². The van der Waals surface area contributed by atoms with Gasteiger partial charge >= 0.3 is 0 Å². The van der Waals surface area contributed by atoms with Gasteiger partial charge in [0.15, 0.2) is 0 Å². The Hall–Kier alpha value is -1.69. The lowest BCUT2D eigenvalue weighted by Gasteiger charge is -2.44. The molecule has 0 unspecified atom stereocenters. The van der Waals surface area contributed by atoms with Crippen molar-refractivity contribution in [2.24, 2.45) is 5.92 Å². The van der Waals surface area contributed by atoms with Crippen molar-refractivity contribution < 1.29 is 13.2 Å². The van der Waals surface area contributed by atoms with Gasteiger partial charge in [-0.3, -0.25) is 4.79 Å². The zero-order valence-electron chi connectivity index (χ0n) is 14.9. The molecule has 1 fully saturated rings. The normalized spacial score (nSPS) is 24.3. The third-order valence-electron chi connectivity index (χ3n) is 5.37. The molecule has 6 heteroatoms. The van der Waals surface area contributed by atoms with E-state index in [1.54, 1.807) is 24.3 Å². The molecule has 0 amide bonds. The highest BCUT2D eigenvalue weighted by atomic mass is 35.5. The minimum absolute atomic E-state index is 0.233. The fraction of sp³-hybridized carbons (Fsp3) is 0.350. The van der Waals surface area contributed by atoms with E-state index in [1.165, 1.54) is 4.31 Å². The third-order valence-corrected chi connectivity index (χ3v) is 7.59. The molecule has 0 aromatic heterocycles. The molecule has 1 saturated heterocycles. The molecule has 3 rings (SSSR count). The summed E-state index contributed by atoms with van der Waals surface area (Å²) in [6.45, 7) is 4.32. The van der Waals surface area contributed by atoms with Gasteiger partial charge in [-0.2, -0.15) is 4.31 Å². The van der Waals surface area contributed by atoms with Crippen molar-refractivity contribution in [2.75, 3.05) is 13.1 Å². The molecule has 1 aliphatic heterocycles.